The number of likely N-dealkylation sites (tertiary alicyclic amines) is 1. The number of aryl methyl sites for hydroxylation is 1. The second kappa shape index (κ2) is 7.49. The molecule has 24 heavy (non-hydrogen) atoms. The molecule has 6 heteroatoms. The maximum Gasteiger partial charge on any atom is 0.228 e. The molecule has 0 radical (unpaired) electrons. The molecule has 1 amide bonds. The van der Waals surface area contributed by atoms with Crippen molar-refractivity contribution in [1.29, 1.82) is 0 Å². The van der Waals surface area contributed by atoms with Crippen molar-refractivity contribution in [3.8, 4) is 0 Å². The molecule has 1 aromatic heterocycles. The van der Waals surface area contributed by atoms with Crippen LogP contribution in [0.1, 0.15) is 18.5 Å². The van der Waals surface area contributed by atoms with Crippen LogP contribution in [0.2, 0.25) is 0 Å². The number of carbonyl (C=O) groups is 1. The third-order valence-electron chi connectivity index (χ3n) is 5.18. The van der Waals surface area contributed by atoms with Crippen LogP contribution in [0.5, 0.6) is 0 Å². The van der Waals surface area contributed by atoms with Gasteiger partial charge in [0.15, 0.2) is 0 Å². The van der Waals surface area contributed by atoms with E-state index in [-0.39, 0.29) is 11.3 Å². The number of hydrogen-bond donors (Lipinski definition) is 0. The summed E-state index contributed by atoms with van der Waals surface area (Å²) in [5.41, 5.74) is 1.03. The lowest BCUT2D eigenvalue weighted by molar-refractivity contribution is -0.133. The van der Waals surface area contributed by atoms with Crippen molar-refractivity contribution in [2.24, 2.45) is 12.5 Å². The highest BCUT2D eigenvalue weighted by Crippen LogP contribution is 2.34. The molecule has 0 aromatic carbocycles. The topological polar surface area (TPSA) is 50.6 Å². The summed E-state index contributed by atoms with van der Waals surface area (Å²) in [6, 6.07) is 1.91. The predicted molar refractivity (Wildman–Crippen MR) is 92.6 cm³/mol. The Morgan fingerprint density at radius 2 is 2.21 bits per heavy atom. The first-order chi connectivity index (χ1) is 11.6. The monoisotopic (exact) mass is 332 g/mol. The number of hydrogen-bond acceptors (Lipinski definition) is 4. The van der Waals surface area contributed by atoms with Gasteiger partial charge in [-0.1, -0.05) is 6.08 Å². The van der Waals surface area contributed by atoms with Crippen molar-refractivity contribution < 1.29 is 9.53 Å². The molecule has 3 heterocycles. The molecule has 6 nitrogen and oxygen atoms in total. The average Bonchev–Trinajstić information content (AvgIpc) is 2.87. The van der Waals surface area contributed by atoms with Crippen molar-refractivity contribution in [3.05, 3.63) is 30.6 Å². The average molecular weight is 332 g/mol. The first-order valence-electron chi connectivity index (χ1n) is 8.78. The van der Waals surface area contributed by atoms with Crippen LogP contribution in [0.25, 0.3) is 0 Å². The van der Waals surface area contributed by atoms with E-state index in [9.17, 15) is 4.79 Å². The molecule has 132 valence electrons. The largest absolute Gasteiger partial charge is 0.379 e. The zero-order chi connectivity index (χ0) is 17.0. The second-order valence-corrected chi connectivity index (χ2v) is 7.11. The number of carbonyl (C=O) groups excluding carboxylic acids is 1. The van der Waals surface area contributed by atoms with E-state index in [2.05, 4.69) is 16.6 Å². The van der Waals surface area contributed by atoms with Gasteiger partial charge in [0, 0.05) is 51.4 Å². The molecule has 0 bridgehead atoms. The molecule has 1 aromatic rings. The van der Waals surface area contributed by atoms with Gasteiger partial charge in [0.1, 0.15) is 0 Å². The van der Waals surface area contributed by atoms with Crippen LogP contribution in [0, 0.1) is 5.41 Å². The third-order valence-corrected chi connectivity index (χ3v) is 5.18. The maximum absolute atomic E-state index is 12.5. The first-order valence-corrected chi connectivity index (χ1v) is 8.78. The lowest BCUT2D eigenvalue weighted by Crippen LogP contribution is -2.49. The van der Waals surface area contributed by atoms with E-state index in [4.69, 9.17) is 4.74 Å². The van der Waals surface area contributed by atoms with Gasteiger partial charge >= 0.3 is 0 Å². The summed E-state index contributed by atoms with van der Waals surface area (Å²) in [7, 11) is 1.87. The summed E-state index contributed by atoms with van der Waals surface area (Å²) in [6.07, 6.45) is 6.26. The van der Waals surface area contributed by atoms with Crippen molar-refractivity contribution in [2.75, 3.05) is 45.9 Å². The summed E-state index contributed by atoms with van der Waals surface area (Å²) in [5.74, 6) is 0.182. The Hall–Kier alpha value is -1.66. The van der Waals surface area contributed by atoms with E-state index >= 15 is 0 Å². The lowest BCUT2D eigenvalue weighted by atomic mass is 9.78. The fraction of sp³-hybridized carbons (Fsp3) is 0.667. The summed E-state index contributed by atoms with van der Waals surface area (Å²) < 4.78 is 7.61. The highest BCUT2D eigenvalue weighted by Gasteiger charge is 2.38. The molecule has 1 spiro atoms. The van der Waals surface area contributed by atoms with Crippen molar-refractivity contribution in [1.82, 2.24) is 19.6 Å². The molecule has 0 unspecified atom stereocenters. The van der Waals surface area contributed by atoms with Gasteiger partial charge in [0.25, 0.3) is 0 Å². The number of ether oxygens (including phenoxy) is 1. The quantitative estimate of drug-likeness (QED) is 0.775. The van der Waals surface area contributed by atoms with Crippen LogP contribution in [0.4, 0.5) is 0 Å². The summed E-state index contributed by atoms with van der Waals surface area (Å²) in [6.45, 7) is 10.0. The highest BCUT2D eigenvalue weighted by molar-refractivity contribution is 5.78. The summed E-state index contributed by atoms with van der Waals surface area (Å²) >= 11 is 0. The highest BCUT2D eigenvalue weighted by atomic mass is 16.5. The Morgan fingerprint density at radius 3 is 2.88 bits per heavy atom. The van der Waals surface area contributed by atoms with Crippen LogP contribution < -0.4 is 0 Å². The van der Waals surface area contributed by atoms with Crippen LogP contribution in [0.3, 0.4) is 0 Å². The second-order valence-electron chi connectivity index (χ2n) is 7.11. The van der Waals surface area contributed by atoms with E-state index in [1.54, 1.807) is 4.68 Å². The fourth-order valence-electron chi connectivity index (χ4n) is 3.78. The van der Waals surface area contributed by atoms with Gasteiger partial charge in [-0.25, -0.2) is 0 Å². The molecular weight excluding hydrogens is 304 g/mol. The zero-order valence-electron chi connectivity index (χ0n) is 14.6. The minimum atomic E-state index is 0.182. The van der Waals surface area contributed by atoms with Gasteiger partial charge < -0.3 is 9.64 Å². The summed E-state index contributed by atoms with van der Waals surface area (Å²) in [4.78, 5) is 16.9. The molecule has 0 N–H and O–H groups in total. The number of amides is 1. The van der Waals surface area contributed by atoms with Gasteiger partial charge in [-0.3, -0.25) is 14.4 Å². The van der Waals surface area contributed by atoms with Gasteiger partial charge in [0.2, 0.25) is 5.91 Å². The summed E-state index contributed by atoms with van der Waals surface area (Å²) in [5, 5.41) is 4.30. The number of piperidine rings is 1. The van der Waals surface area contributed by atoms with Crippen molar-refractivity contribution in [3.63, 3.8) is 0 Å². The molecule has 0 atom stereocenters. The smallest absolute Gasteiger partial charge is 0.228 e. The maximum atomic E-state index is 12.5. The molecule has 0 aliphatic carbocycles. The number of rotatable bonds is 4. The SMILES string of the molecule is C=CCN1CCOCC2(CCN(C(=O)Cc3ccn(C)n3)CC2)C1. The molecular formula is C18H28N4O2. The molecule has 2 fully saturated rings. The standard InChI is InChI=1S/C18H28N4O2/c1-3-7-21-11-12-24-15-18(14-21)5-9-22(10-6-18)17(23)13-16-4-8-20(2)19-16/h3-4,8H,1,5-7,9-15H2,2H3. The van der Waals surface area contributed by atoms with Crippen molar-refractivity contribution in [2.45, 2.75) is 19.3 Å². The predicted octanol–water partition coefficient (Wildman–Crippen LogP) is 1.09. The lowest BCUT2D eigenvalue weighted by Gasteiger charge is -2.42. The Bertz CT molecular complexity index is 575. The van der Waals surface area contributed by atoms with Gasteiger partial charge in [0.05, 0.1) is 25.3 Å². The van der Waals surface area contributed by atoms with Crippen LogP contribution >= 0.6 is 0 Å². The van der Waals surface area contributed by atoms with Crippen LogP contribution in [0.15, 0.2) is 24.9 Å². The van der Waals surface area contributed by atoms with Gasteiger partial charge in [-0.05, 0) is 18.9 Å². The Kier molecular flexibility index (Phi) is 5.36. The van der Waals surface area contributed by atoms with E-state index in [1.165, 1.54) is 0 Å². The Morgan fingerprint density at radius 1 is 1.42 bits per heavy atom. The van der Waals surface area contributed by atoms with Gasteiger partial charge in [-0.2, -0.15) is 5.10 Å². The molecule has 2 aliphatic heterocycles. The Labute approximate surface area is 144 Å². The number of aromatic nitrogens is 2. The fourth-order valence-corrected chi connectivity index (χ4v) is 3.78. The van der Waals surface area contributed by atoms with E-state index in [1.807, 2.05) is 30.3 Å². The molecule has 2 aliphatic rings. The third kappa shape index (κ3) is 4.05. The number of nitrogens with zero attached hydrogens (tertiary/aromatic N) is 4. The van der Waals surface area contributed by atoms with E-state index < -0.39 is 0 Å². The minimum absolute atomic E-state index is 0.182. The van der Waals surface area contributed by atoms with Gasteiger partial charge in [-0.15, -0.1) is 6.58 Å². The van der Waals surface area contributed by atoms with Crippen molar-refractivity contribution >= 4 is 5.91 Å². The first kappa shape index (κ1) is 17.2. The molecule has 2 saturated heterocycles. The van der Waals surface area contributed by atoms with E-state index in [0.29, 0.717) is 6.42 Å². The normalized spacial score (nSPS) is 21.6. The molecule has 0 saturated carbocycles. The van der Waals surface area contributed by atoms with Crippen LogP contribution in [-0.4, -0.2) is 71.4 Å². The molecule has 3 rings (SSSR count). The van der Waals surface area contributed by atoms with Crippen LogP contribution in [-0.2, 0) is 23.0 Å². The Balaban J connectivity index is 1.55. The zero-order valence-corrected chi connectivity index (χ0v) is 14.6. The van der Waals surface area contributed by atoms with E-state index in [0.717, 1.165) is 64.5 Å². The minimum Gasteiger partial charge on any atom is -0.379 e.